The van der Waals surface area contributed by atoms with Gasteiger partial charge in [-0.15, -0.1) is 0 Å². The van der Waals surface area contributed by atoms with Crippen LogP contribution in [0.4, 0.5) is 0 Å². The number of ketones is 1. The number of carbonyl (C=O) groups is 1. The van der Waals surface area contributed by atoms with Crippen LogP contribution in [0.25, 0.3) is 11.1 Å². The quantitative estimate of drug-likeness (QED) is 0.411. The number of halogens is 1. The number of aryl methyl sites for hydroxylation is 1. The lowest BCUT2D eigenvalue weighted by atomic mass is 9.95. The molecule has 2 rings (SSSR count). The highest BCUT2D eigenvalue weighted by Crippen LogP contribution is 2.29. The summed E-state index contributed by atoms with van der Waals surface area (Å²) in [7, 11) is 0. The predicted octanol–water partition coefficient (Wildman–Crippen LogP) is 6.44. The molecule has 0 fully saturated rings. The minimum atomic E-state index is 0.114. The Morgan fingerprint density at radius 1 is 1.05 bits per heavy atom. The molecule has 0 heterocycles. The van der Waals surface area contributed by atoms with Crippen molar-refractivity contribution in [1.82, 2.24) is 0 Å². The standard InChI is InChI=1S/C20H23BrO/c1-3-4-5-6-9-17-14-16(12-13-20(17)21)19-11-8-7-10-18(19)15(2)22/h7-8,10-14H,3-6,9H2,1-2H3. The molecule has 2 aromatic carbocycles. The van der Waals surface area contributed by atoms with Gasteiger partial charge in [-0.1, -0.05) is 78.5 Å². The fourth-order valence-electron chi connectivity index (χ4n) is 2.72. The Bertz CT molecular complexity index is 646. The normalized spacial score (nSPS) is 10.7. The summed E-state index contributed by atoms with van der Waals surface area (Å²) in [6.07, 6.45) is 6.12. The molecular weight excluding hydrogens is 336 g/mol. The summed E-state index contributed by atoms with van der Waals surface area (Å²) < 4.78 is 1.16. The second-order valence-electron chi connectivity index (χ2n) is 5.72. The van der Waals surface area contributed by atoms with Gasteiger partial charge in [-0.05, 0) is 42.5 Å². The third kappa shape index (κ3) is 4.30. The van der Waals surface area contributed by atoms with Crippen molar-refractivity contribution in [3.05, 3.63) is 58.1 Å². The van der Waals surface area contributed by atoms with Crippen molar-refractivity contribution in [3.8, 4) is 11.1 Å². The molecule has 1 nitrogen and oxygen atoms in total. The number of carbonyl (C=O) groups excluding carboxylic acids is 1. The minimum absolute atomic E-state index is 0.114. The molecule has 0 N–H and O–H groups in total. The molecule has 2 heteroatoms. The molecule has 116 valence electrons. The molecule has 0 aliphatic heterocycles. The van der Waals surface area contributed by atoms with Crippen LogP contribution in [0.5, 0.6) is 0 Å². The van der Waals surface area contributed by atoms with Crippen molar-refractivity contribution in [2.24, 2.45) is 0 Å². The predicted molar refractivity (Wildman–Crippen MR) is 97.4 cm³/mol. The van der Waals surface area contributed by atoms with E-state index in [1.165, 1.54) is 31.2 Å². The Hall–Kier alpha value is -1.41. The van der Waals surface area contributed by atoms with Gasteiger partial charge in [0.2, 0.25) is 0 Å². The third-order valence-electron chi connectivity index (χ3n) is 3.96. The lowest BCUT2D eigenvalue weighted by molar-refractivity contribution is 0.101. The Morgan fingerprint density at radius 3 is 2.55 bits per heavy atom. The van der Waals surface area contributed by atoms with Crippen LogP contribution in [-0.2, 0) is 6.42 Å². The summed E-state index contributed by atoms with van der Waals surface area (Å²) in [5, 5.41) is 0. The number of rotatable bonds is 7. The zero-order valence-corrected chi connectivity index (χ0v) is 14.9. The smallest absolute Gasteiger partial charge is 0.160 e. The van der Waals surface area contributed by atoms with Crippen LogP contribution in [0.2, 0.25) is 0 Å². The zero-order chi connectivity index (χ0) is 15.9. The van der Waals surface area contributed by atoms with Gasteiger partial charge in [0.05, 0.1) is 0 Å². The number of unbranched alkanes of at least 4 members (excludes halogenated alkanes) is 3. The zero-order valence-electron chi connectivity index (χ0n) is 13.4. The van der Waals surface area contributed by atoms with Crippen LogP contribution in [0, 0.1) is 0 Å². The number of benzene rings is 2. The van der Waals surface area contributed by atoms with E-state index in [1.54, 1.807) is 6.92 Å². The first-order valence-electron chi connectivity index (χ1n) is 8.02. The molecule has 0 saturated carbocycles. The Balaban J connectivity index is 2.28. The highest BCUT2D eigenvalue weighted by molar-refractivity contribution is 9.10. The summed E-state index contributed by atoms with van der Waals surface area (Å²) in [5.74, 6) is 0.114. The summed E-state index contributed by atoms with van der Waals surface area (Å²) in [6, 6.07) is 14.2. The molecule has 0 amide bonds. The van der Waals surface area contributed by atoms with Gasteiger partial charge in [-0.3, -0.25) is 4.79 Å². The maximum absolute atomic E-state index is 11.8. The SMILES string of the molecule is CCCCCCc1cc(-c2ccccc2C(C)=O)ccc1Br. The van der Waals surface area contributed by atoms with Gasteiger partial charge in [0, 0.05) is 10.0 Å². The van der Waals surface area contributed by atoms with E-state index in [2.05, 4.69) is 41.1 Å². The van der Waals surface area contributed by atoms with E-state index < -0.39 is 0 Å². The van der Waals surface area contributed by atoms with Crippen LogP contribution in [-0.4, -0.2) is 5.78 Å². The second-order valence-corrected chi connectivity index (χ2v) is 6.57. The fraction of sp³-hybridized carbons (Fsp3) is 0.350. The first-order chi connectivity index (χ1) is 10.6. The molecule has 0 radical (unpaired) electrons. The summed E-state index contributed by atoms with van der Waals surface area (Å²) in [6.45, 7) is 3.86. The van der Waals surface area contributed by atoms with Crippen LogP contribution in [0.3, 0.4) is 0 Å². The molecule has 0 saturated heterocycles. The highest BCUT2D eigenvalue weighted by atomic mass is 79.9. The van der Waals surface area contributed by atoms with Crippen molar-refractivity contribution < 1.29 is 4.79 Å². The fourth-order valence-corrected chi connectivity index (χ4v) is 3.16. The Labute approximate surface area is 141 Å². The van der Waals surface area contributed by atoms with Crippen LogP contribution < -0.4 is 0 Å². The monoisotopic (exact) mass is 358 g/mol. The van der Waals surface area contributed by atoms with Crippen molar-refractivity contribution in [2.75, 3.05) is 0 Å². The van der Waals surface area contributed by atoms with Gasteiger partial charge in [0.25, 0.3) is 0 Å². The molecule has 0 spiro atoms. The minimum Gasteiger partial charge on any atom is -0.294 e. The van der Waals surface area contributed by atoms with Crippen LogP contribution in [0.15, 0.2) is 46.9 Å². The maximum Gasteiger partial charge on any atom is 0.160 e. The lowest BCUT2D eigenvalue weighted by Crippen LogP contribution is -1.96. The molecule has 2 aromatic rings. The van der Waals surface area contributed by atoms with Crippen molar-refractivity contribution in [1.29, 1.82) is 0 Å². The van der Waals surface area contributed by atoms with Gasteiger partial charge in [0.15, 0.2) is 5.78 Å². The third-order valence-corrected chi connectivity index (χ3v) is 4.74. The van der Waals surface area contributed by atoms with E-state index in [0.29, 0.717) is 0 Å². The first-order valence-corrected chi connectivity index (χ1v) is 8.81. The van der Waals surface area contributed by atoms with E-state index >= 15 is 0 Å². The van der Waals surface area contributed by atoms with Crippen LogP contribution >= 0.6 is 15.9 Å². The van der Waals surface area contributed by atoms with Crippen molar-refractivity contribution >= 4 is 21.7 Å². The van der Waals surface area contributed by atoms with Crippen LogP contribution in [0.1, 0.15) is 55.5 Å². The highest BCUT2D eigenvalue weighted by Gasteiger charge is 2.10. The van der Waals surface area contributed by atoms with Crippen molar-refractivity contribution in [2.45, 2.75) is 46.0 Å². The molecule has 0 bridgehead atoms. The maximum atomic E-state index is 11.8. The average molecular weight is 359 g/mol. The molecule has 0 aliphatic rings. The van der Waals surface area contributed by atoms with E-state index in [4.69, 9.17) is 0 Å². The molecule has 22 heavy (non-hydrogen) atoms. The van der Waals surface area contributed by atoms with E-state index in [-0.39, 0.29) is 5.78 Å². The molecule has 0 unspecified atom stereocenters. The average Bonchev–Trinajstić information content (AvgIpc) is 2.53. The van der Waals surface area contributed by atoms with Gasteiger partial charge in [0.1, 0.15) is 0 Å². The molecule has 0 aromatic heterocycles. The topological polar surface area (TPSA) is 17.1 Å². The summed E-state index contributed by atoms with van der Waals surface area (Å²) in [4.78, 5) is 11.8. The van der Waals surface area contributed by atoms with Gasteiger partial charge < -0.3 is 0 Å². The Morgan fingerprint density at radius 2 is 1.82 bits per heavy atom. The number of Topliss-reactive ketones (excluding diaryl/α,β-unsaturated/α-hetero) is 1. The largest absolute Gasteiger partial charge is 0.294 e. The summed E-state index contributed by atoms with van der Waals surface area (Å²) in [5.41, 5.74) is 4.27. The van der Waals surface area contributed by atoms with E-state index in [9.17, 15) is 4.79 Å². The van der Waals surface area contributed by atoms with Crippen molar-refractivity contribution in [3.63, 3.8) is 0 Å². The van der Waals surface area contributed by atoms with Gasteiger partial charge >= 0.3 is 0 Å². The number of hydrogen-bond donors (Lipinski definition) is 0. The second kappa shape index (κ2) is 8.28. The molecule has 0 atom stereocenters. The Kier molecular flexibility index (Phi) is 6.38. The van der Waals surface area contributed by atoms with E-state index in [0.717, 1.165) is 27.6 Å². The molecular formula is C20H23BrO. The molecule has 0 aliphatic carbocycles. The van der Waals surface area contributed by atoms with Gasteiger partial charge in [-0.25, -0.2) is 0 Å². The van der Waals surface area contributed by atoms with E-state index in [1.807, 2.05) is 24.3 Å². The first kappa shape index (κ1) is 17.0. The number of hydrogen-bond acceptors (Lipinski definition) is 1. The van der Waals surface area contributed by atoms with Gasteiger partial charge in [-0.2, -0.15) is 0 Å². The lowest BCUT2D eigenvalue weighted by Gasteiger charge is -2.11. The summed E-state index contributed by atoms with van der Waals surface area (Å²) >= 11 is 3.65.